The van der Waals surface area contributed by atoms with E-state index in [9.17, 15) is 0 Å². The lowest BCUT2D eigenvalue weighted by Gasteiger charge is -2.34. The van der Waals surface area contributed by atoms with Crippen molar-refractivity contribution in [3.05, 3.63) is 91.9 Å². The maximum atomic E-state index is 3.66. The summed E-state index contributed by atoms with van der Waals surface area (Å²) in [5, 5.41) is 0. The number of benzene rings is 3. The summed E-state index contributed by atoms with van der Waals surface area (Å²) in [5.41, 5.74) is 8.25. The minimum Gasteiger partial charge on any atom is -0.363 e. The van der Waals surface area contributed by atoms with E-state index >= 15 is 0 Å². The first-order valence-corrected chi connectivity index (χ1v) is 10.4. The van der Waals surface area contributed by atoms with Gasteiger partial charge < -0.3 is 9.80 Å². The summed E-state index contributed by atoms with van der Waals surface area (Å²) in [6.45, 7) is 3.69. The molecule has 3 aromatic carbocycles. The number of hydrogen-bond acceptors (Lipinski definition) is 2. The van der Waals surface area contributed by atoms with Gasteiger partial charge in [0.25, 0.3) is 0 Å². The maximum absolute atomic E-state index is 3.66. The molecule has 0 fully saturated rings. The molecule has 3 aliphatic heterocycles. The van der Waals surface area contributed by atoms with Crippen molar-refractivity contribution in [2.45, 2.75) is 26.2 Å². The third kappa shape index (κ3) is 2.85. The van der Waals surface area contributed by atoms with E-state index in [1.54, 1.807) is 0 Å². The lowest BCUT2D eigenvalue weighted by Crippen LogP contribution is -2.29. The first kappa shape index (κ1) is 16.4. The summed E-state index contributed by atoms with van der Waals surface area (Å²) in [4.78, 5) is 5.04. The van der Waals surface area contributed by atoms with E-state index in [-0.39, 0.29) is 0 Å². The van der Waals surface area contributed by atoms with Crippen molar-refractivity contribution < 1.29 is 0 Å². The maximum Gasteiger partial charge on any atom is 0.0454 e. The van der Waals surface area contributed by atoms with E-state index in [1.165, 1.54) is 33.6 Å². The molecule has 0 radical (unpaired) electrons. The van der Waals surface area contributed by atoms with Crippen molar-refractivity contribution in [3.8, 4) is 0 Å². The molecule has 0 spiro atoms. The number of nitrogens with zero attached hydrogens (tertiary/aromatic N) is 2. The van der Waals surface area contributed by atoms with Crippen LogP contribution in [0.1, 0.15) is 22.3 Å². The SMILES string of the molecule is Brc1ccc2c(c1)CN1Cc3ccccc3CN2Cc2cc(Br)ccc21. The van der Waals surface area contributed by atoms with Crippen LogP contribution in [0.4, 0.5) is 11.4 Å². The second-order valence-electron chi connectivity index (χ2n) is 7.03. The van der Waals surface area contributed by atoms with Gasteiger partial charge >= 0.3 is 0 Å². The normalized spacial score (nSPS) is 15.3. The molecule has 6 rings (SSSR count). The van der Waals surface area contributed by atoms with Crippen LogP contribution in [0.5, 0.6) is 0 Å². The Balaban J connectivity index is 1.76. The van der Waals surface area contributed by atoms with Crippen LogP contribution in [0.2, 0.25) is 0 Å². The Hall–Kier alpha value is -1.78. The van der Waals surface area contributed by atoms with E-state index in [0.717, 1.165) is 35.1 Å². The van der Waals surface area contributed by atoms with E-state index in [2.05, 4.69) is 102 Å². The van der Waals surface area contributed by atoms with E-state index in [4.69, 9.17) is 0 Å². The van der Waals surface area contributed by atoms with E-state index in [0.29, 0.717) is 0 Å². The number of anilines is 2. The lowest BCUT2D eigenvalue weighted by molar-refractivity contribution is 0.763. The fraction of sp³-hybridized carbons (Fsp3) is 0.182. The van der Waals surface area contributed by atoms with Crippen LogP contribution in [0, 0.1) is 0 Å². The Morgan fingerprint density at radius 2 is 0.962 bits per heavy atom. The van der Waals surface area contributed by atoms with Gasteiger partial charge in [-0.05, 0) is 58.7 Å². The van der Waals surface area contributed by atoms with Gasteiger partial charge in [0, 0.05) is 46.5 Å². The van der Waals surface area contributed by atoms with Gasteiger partial charge in [-0.3, -0.25) is 0 Å². The van der Waals surface area contributed by atoms with Gasteiger partial charge in [-0.15, -0.1) is 0 Å². The molecule has 0 saturated heterocycles. The monoisotopic (exact) mass is 468 g/mol. The van der Waals surface area contributed by atoms with Crippen LogP contribution in [0.15, 0.2) is 69.6 Å². The molecule has 4 heteroatoms. The predicted molar refractivity (Wildman–Crippen MR) is 115 cm³/mol. The molecular formula is C22H18Br2N2. The fourth-order valence-electron chi connectivity index (χ4n) is 4.12. The Bertz CT molecular complexity index is 919. The second kappa shape index (κ2) is 6.43. The van der Waals surface area contributed by atoms with Gasteiger partial charge in [-0.2, -0.15) is 0 Å². The summed E-state index contributed by atoms with van der Waals surface area (Å²) in [6.07, 6.45) is 0. The molecule has 26 heavy (non-hydrogen) atoms. The van der Waals surface area contributed by atoms with Crippen LogP contribution in [0.25, 0.3) is 0 Å². The molecule has 0 atom stereocenters. The summed E-state index contributed by atoms with van der Waals surface area (Å²) < 4.78 is 2.29. The van der Waals surface area contributed by atoms with E-state index in [1.807, 2.05) is 0 Å². The molecule has 2 bridgehead atoms. The van der Waals surface area contributed by atoms with Crippen molar-refractivity contribution in [1.29, 1.82) is 0 Å². The van der Waals surface area contributed by atoms with Crippen molar-refractivity contribution in [2.24, 2.45) is 0 Å². The Morgan fingerprint density at radius 1 is 0.538 bits per heavy atom. The third-order valence-electron chi connectivity index (χ3n) is 5.33. The molecule has 3 aliphatic rings. The van der Waals surface area contributed by atoms with Crippen LogP contribution in [-0.2, 0) is 26.2 Å². The number of halogens is 2. The molecule has 0 unspecified atom stereocenters. The smallest absolute Gasteiger partial charge is 0.0454 e. The Morgan fingerprint density at radius 3 is 1.42 bits per heavy atom. The average molecular weight is 470 g/mol. The second-order valence-corrected chi connectivity index (χ2v) is 8.86. The first-order valence-electron chi connectivity index (χ1n) is 8.81. The highest BCUT2D eigenvalue weighted by Gasteiger charge is 2.25. The number of rotatable bonds is 0. The quantitative estimate of drug-likeness (QED) is 0.383. The molecule has 0 aliphatic carbocycles. The highest BCUT2D eigenvalue weighted by Crippen LogP contribution is 2.38. The van der Waals surface area contributed by atoms with Gasteiger partial charge in [-0.25, -0.2) is 0 Å². The van der Waals surface area contributed by atoms with Crippen LogP contribution < -0.4 is 9.80 Å². The van der Waals surface area contributed by atoms with Crippen molar-refractivity contribution >= 4 is 43.2 Å². The van der Waals surface area contributed by atoms with Crippen molar-refractivity contribution in [1.82, 2.24) is 0 Å². The largest absolute Gasteiger partial charge is 0.363 e. The highest BCUT2D eigenvalue weighted by atomic mass is 79.9. The number of hydrogen-bond donors (Lipinski definition) is 0. The molecule has 130 valence electrons. The highest BCUT2D eigenvalue weighted by molar-refractivity contribution is 9.10. The lowest BCUT2D eigenvalue weighted by atomic mass is 10.0. The molecule has 0 aromatic heterocycles. The zero-order chi connectivity index (χ0) is 17.7. The summed E-state index contributed by atoms with van der Waals surface area (Å²) in [7, 11) is 0. The van der Waals surface area contributed by atoms with Gasteiger partial charge in [0.15, 0.2) is 0 Å². The van der Waals surface area contributed by atoms with Crippen LogP contribution in [0.3, 0.4) is 0 Å². The predicted octanol–water partition coefficient (Wildman–Crippen LogP) is 6.25. The summed E-state index contributed by atoms with van der Waals surface area (Å²) in [5.74, 6) is 0. The summed E-state index contributed by atoms with van der Waals surface area (Å²) >= 11 is 7.32. The van der Waals surface area contributed by atoms with E-state index < -0.39 is 0 Å². The van der Waals surface area contributed by atoms with Gasteiger partial charge in [0.2, 0.25) is 0 Å². The van der Waals surface area contributed by atoms with Gasteiger partial charge in [-0.1, -0.05) is 56.1 Å². The zero-order valence-corrected chi connectivity index (χ0v) is 17.4. The topological polar surface area (TPSA) is 6.48 Å². The summed E-state index contributed by atoms with van der Waals surface area (Å²) in [6, 6.07) is 22.2. The van der Waals surface area contributed by atoms with Crippen molar-refractivity contribution in [3.63, 3.8) is 0 Å². The molecule has 3 heterocycles. The standard InChI is InChI=1S/C22H18Br2N2/c23-19-5-7-21-18(10-19)14-26-12-16-4-2-1-3-15(16)11-25(21)13-17-9-20(24)6-8-22(17)26/h1-10H,11-14H2. The van der Waals surface area contributed by atoms with Crippen LogP contribution >= 0.6 is 31.9 Å². The molecule has 0 N–H and O–H groups in total. The molecule has 2 nitrogen and oxygen atoms in total. The third-order valence-corrected chi connectivity index (χ3v) is 6.31. The average Bonchev–Trinajstić information content (AvgIpc) is 2.71. The molecular weight excluding hydrogens is 452 g/mol. The van der Waals surface area contributed by atoms with Gasteiger partial charge in [0.1, 0.15) is 0 Å². The van der Waals surface area contributed by atoms with Crippen LogP contribution in [-0.4, -0.2) is 0 Å². The fourth-order valence-corrected chi connectivity index (χ4v) is 4.94. The van der Waals surface area contributed by atoms with Crippen molar-refractivity contribution in [2.75, 3.05) is 9.80 Å². The molecule has 0 saturated carbocycles. The zero-order valence-electron chi connectivity index (χ0n) is 14.3. The molecule has 3 aromatic rings. The minimum atomic E-state index is 0.911. The Kier molecular flexibility index (Phi) is 4.06. The Labute approximate surface area is 170 Å². The first-order chi connectivity index (χ1) is 12.7. The minimum absolute atomic E-state index is 0.911. The van der Waals surface area contributed by atoms with Gasteiger partial charge in [0.05, 0.1) is 0 Å². The molecule has 0 amide bonds.